The number of hydrogen-bond acceptors (Lipinski definition) is 1. The Balaban J connectivity index is 1.98. The van der Waals surface area contributed by atoms with E-state index < -0.39 is 0 Å². The molecule has 1 fully saturated rings. The molecule has 0 aromatic heterocycles. The van der Waals surface area contributed by atoms with Gasteiger partial charge in [0.15, 0.2) is 0 Å². The van der Waals surface area contributed by atoms with Crippen molar-refractivity contribution in [2.45, 2.75) is 76.7 Å². The van der Waals surface area contributed by atoms with Crippen molar-refractivity contribution in [3.63, 3.8) is 0 Å². The molecule has 144 valence electrons. The lowest BCUT2D eigenvalue weighted by Gasteiger charge is -2.50. The molecular formula is C24H29Cl2N. The molecule has 4 rings (SSSR count). The van der Waals surface area contributed by atoms with Gasteiger partial charge in [0.05, 0.1) is 5.54 Å². The minimum absolute atomic E-state index is 0.0259. The predicted molar refractivity (Wildman–Crippen MR) is 118 cm³/mol. The Kier molecular flexibility index (Phi) is 4.37. The SMILES string of the molecule is CC(C)(C)c1ccc2c(c1)C1(C)CCCCC1(C)N2c1cc(Cl)cc(Cl)c1. The van der Waals surface area contributed by atoms with E-state index in [0.29, 0.717) is 10.0 Å². The molecule has 1 aliphatic heterocycles. The van der Waals surface area contributed by atoms with Gasteiger partial charge in [-0.2, -0.15) is 0 Å². The fourth-order valence-corrected chi connectivity index (χ4v) is 5.79. The van der Waals surface area contributed by atoms with Crippen LogP contribution in [0.4, 0.5) is 11.4 Å². The summed E-state index contributed by atoms with van der Waals surface area (Å²) in [4.78, 5) is 2.52. The van der Waals surface area contributed by atoms with Gasteiger partial charge in [-0.1, -0.05) is 75.9 Å². The molecule has 2 unspecified atom stereocenters. The largest absolute Gasteiger partial charge is 0.334 e. The average Bonchev–Trinajstić information content (AvgIpc) is 2.77. The predicted octanol–water partition coefficient (Wildman–Crippen LogP) is 8.03. The van der Waals surface area contributed by atoms with E-state index in [2.05, 4.69) is 69.9 Å². The Labute approximate surface area is 173 Å². The zero-order chi connectivity index (χ0) is 19.6. The molecule has 0 N–H and O–H groups in total. The summed E-state index contributed by atoms with van der Waals surface area (Å²) < 4.78 is 0. The summed E-state index contributed by atoms with van der Waals surface area (Å²) in [6.07, 6.45) is 4.94. The van der Waals surface area contributed by atoms with Crippen LogP contribution in [0.1, 0.15) is 71.4 Å². The second-order valence-electron chi connectivity index (χ2n) is 9.76. The number of benzene rings is 2. The van der Waals surface area contributed by atoms with Gasteiger partial charge in [-0.3, -0.25) is 0 Å². The van der Waals surface area contributed by atoms with E-state index in [1.165, 1.54) is 42.5 Å². The van der Waals surface area contributed by atoms with Crippen molar-refractivity contribution in [1.29, 1.82) is 0 Å². The highest BCUT2D eigenvalue weighted by Gasteiger charge is 2.57. The molecule has 2 atom stereocenters. The fourth-order valence-electron chi connectivity index (χ4n) is 5.27. The van der Waals surface area contributed by atoms with E-state index in [-0.39, 0.29) is 16.4 Å². The Hall–Kier alpha value is -1.18. The highest BCUT2D eigenvalue weighted by atomic mass is 35.5. The molecule has 1 aliphatic carbocycles. The highest BCUT2D eigenvalue weighted by molar-refractivity contribution is 6.35. The van der Waals surface area contributed by atoms with Gasteiger partial charge in [0.1, 0.15) is 0 Å². The van der Waals surface area contributed by atoms with Gasteiger partial charge in [0.25, 0.3) is 0 Å². The van der Waals surface area contributed by atoms with E-state index in [9.17, 15) is 0 Å². The number of anilines is 2. The first kappa shape index (κ1) is 19.2. The summed E-state index contributed by atoms with van der Waals surface area (Å²) >= 11 is 12.8. The van der Waals surface area contributed by atoms with Gasteiger partial charge in [0, 0.05) is 26.8 Å². The first-order chi connectivity index (χ1) is 12.6. The summed E-state index contributed by atoms with van der Waals surface area (Å²) in [5.74, 6) is 0. The molecular weight excluding hydrogens is 373 g/mol. The maximum atomic E-state index is 6.38. The maximum Gasteiger partial charge on any atom is 0.0517 e. The van der Waals surface area contributed by atoms with E-state index in [1.807, 2.05) is 6.07 Å². The van der Waals surface area contributed by atoms with E-state index in [1.54, 1.807) is 0 Å². The summed E-state index contributed by atoms with van der Waals surface area (Å²) in [7, 11) is 0. The molecule has 2 aliphatic rings. The van der Waals surface area contributed by atoms with Crippen molar-refractivity contribution in [3.05, 3.63) is 57.6 Å². The van der Waals surface area contributed by atoms with Crippen molar-refractivity contribution < 1.29 is 0 Å². The van der Waals surface area contributed by atoms with Crippen LogP contribution in [0.2, 0.25) is 10.0 Å². The number of nitrogens with zero attached hydrogens (tertiary/aromatic N) is 1. The molecule has 1 heterocycles. The molecule has 27 heavy (non-hydrogen) atoms. The van der Waals surface area contributed by atoms with Crippen LogP contribution in [0, 0.1) is 0 Å². The van der Waals surface area contributed by atoms with Gasteiger partial charge in [-0.25, -0.2) is 0 Å². The second-order valence-corrected chi connectivity index (χ2v) is 10.6. The van der Waals surface area contributed by atoms with Crippen LogP contribution < -0.4 is 4.90 Å². The van der Waals surface area contributed by atoms with Crippen LogP contribution in [-0.4, -0.2) is 5.54 Å². The Morgan fingerprint density at radius 2 is 1.52 bits per heavy atom. The molecule has 2 aromatic carbocycles. The van der Waals surface area contributed by atoms with Crippen molar-refractivity contribution in [2.24, 2.45) is 0 Å². The van der Waals surface area contributed by atoms with Crippen LogP contribution in [0.3, 0.4) is 0 Å². The van der Waals surface area contributed by atoms with Crippen LogP contribution in [-0.2, 0) is 10.8 Å². The van der Waals surface area contributed by atoms with Gasteiger partial charge in [-0.05, 0) is 60.6 Å². The third-order valence-electron chi connectivity index (χ3n) is 7.08. The molecule has 0 spiro atoms. The third kappa shape index (κ3) is 2.81. The molecule has 2 aromatic rings. The number of rotatable bonds is 1. The van der Waals surface area contributed by atoms with Crippen molar-refractivity contribution in [2.75, 3.05) is 4.90 Å². The zero-order valence-corrected chi connectivity index (χ0v) is 18.5. The second kappa shape index (κ2) is 6.16. The molecule has 3 heteroatoms. The molecule has 1 saturated carbocycles. The Bertz CT molecular complexity index is 877. The first-order valence-electron chi connectivity index (χ1n) is 9.98. The van der Waals surface area contributed by atoms with Gasteiger partial charge >= 0.3 is 0 Å². The highest BCUT2D eigenvalue weighted by Crippen LogP contribution is 2.61. The van der Waals surface area contributed by atoms with Crippen molar-refractivity contribution in [1.82, 2.24) is 0 Å². The summed E-state index contributed by atoms with van der Waals surface area (Å²) in [5, 5.41) is 1.39. The Morgan fingerprint density at radius 3 is 2.15 bits per heavy atom. The lowest BCUT2D eigenvalue weighted by atomic mass is 9.61. The molecule has 0 bridgehead atoms. The molecule has 0 radical (unpaired) electrons. The number of hydrogen-bond donors (Lipinski definition) is 0. The first-order valence-corrected chi connectivity index (χ1v) is 10.7. The maximum absolute atomic E-state index is 6.38. The van der Waals surface area contributed by atoms with Crippen LogP contribution >= 0.6 is 23.2 Å². The van der Waals surface area contributed by atoms with Crippen molar-refractivity contribution >= 4 is 34.6 Å². The van der Waals surface area contributed by atoms with Crippen LogP contribution in [0.5, 0.6) is 0 Å². The quantitative estimate of drug-likeness (QED) is 0.467. The Morgan fingerprint density at radius 1 is 0.889 bits per heavy atom. The summed E-state index contributed by atoms with van der Waals surface area (Å²) in [5.41, 5.74) is 5.59. The average molecular weight is 402 g/mol. The van der Waals surface area contributed by atoms with Gasteiger partial charge in [-0.15, -0.1) is 0 Å². The lowest BCUT2D eigenvalue weighted by Crippen LogP contribution is -2.54. The summed E-state index contributed by atoms with van der Waals surface area (Å²) in [6.45, 7) is 11.8. The number of fused-ring (bicyclic) bond motifs is 3. The van der Waals surface area contributed by atoms with E-state index in [0.717, 1.165) is 5.69 Å². The topological polar surface area (TPSA) is 3.24 Å². The van der Waals surface area contributed by atoms with Crippen LogP contribution in [0.25, 0.3) is 0 Å². The van der Waals surface area contributed by atoms with Gasteiger partial charge in [0.2, 0.25) is 0 Å². The number of halogens is 2. The van der Waals surface area contributed by atoms with Gasteiger partial charge < -0.3 is 4.90 Å². The van der Waals surface area contributed by atoms with E-state index >= 15 is 0 Å². The van der Waals surface area contributed by atoms with Crippen LogP contribution in [0.15, 0.2) is 36.4 Å². The molecule has 1 nitrogen and oxygen atoms in total. The zero-order valence-electron chi connectivity index (χ0n) is 17.0. The standard InChI is InChI=1S/C24H29Cl2N/c1-22(2,3)16-8-9-21-20(12-16)23(4)10-6-7-11-24(23,5)27(21)19-14-17(25)13-18(26)15-19/h8-9,12-15H,6-7,10-11H2,1-5H3. The fraction of sp³-hybridized carbons (Fsp3) is 0.500. The molecule has 0 amide bonds. The smallest absolute Gasteiger partial charge is 0.0517 e. The minimum atomic E-state index is 0.0259. The third-order valence-corrected chi connectivity index (χ3v) is 7.51. The lowest BCUT2D eigenvalue weighted by molar-refractivity contribution is 0.195. The monoisotopic (exact) mass is 401 g/mol. The normalized spacial score (nSPS) is 27.4. The van der Waals surface area contributed by atoms with E-state index in [4.69, 9.17) is 23.2 Å². The van der Waals surface area contributed by atoms with Crippen molar-refractivity contribution in [3.8, 4) is 0 Å². The summed E-state index contributed by atoms with van der Waals surface area (Å²) in [6, 6.07) is 13.0. The minimum Gasteiger partial charge on any atom is -0.334 e. The molecule has 0 saturated heterocycles.